The van der Waals surface area contributed by atoms with Crippen molar-refractivity contribution < 1.29 is 4.79 Å². The zero-order chi connectivity index (χ0) is 17.6. The van der Waals surface area contributed by atoms with Crippen molar-refractivity contribution in [2.45, 2.75) is 32.4 Å². The molecule has 0 spiro atoms. The van der Waals surface area contributed by atoms with Crippen LogP contribution in [0.5, 0.6) is 0 Å². The normalized spacial score (nSPS) is 18.3. The number of hydrogen-bond donors (Lipinski definition) is 1. The molecule has 1 atom stereocenters. The van der Waals surface area contributed by atoms with Gasteiger partial charge in [-0.2, -0.15) is 0 Å². The Morgan fingerprint density at radius 3 is 2.72 bits per heavy atom. The van der Waals surface area contributed by atoms with Crippen molar-refractivity contribution in [1.29, 1.82) is 0 Å². The number of nitrogens with zero attached hydrogens (tertiary/aromatic N) is 2. The molecule has 1 aliphatic heterocycles. The molecule has 2 aromatic rings. The summed E-state index contributed by atoms with van der Waals surface area (Å²) in [6, 6.07) is 13.9. The largest absolute Gasteiger partial charge is 0.336 e. The Hall–Kier alpha value is -2.40. The van der Waals surface area contributed by atoms with E-state index in [9.17, 15) is 9.59 Å². The van der Waals surface area contributed by atoms with E-state index in [1.54, 1.807) is 6.07 Å². The molecule has 132 valence electrons. The maximum absolute atomic E-state index is 12.7. The molecule has 2 heterocycles. The Balaban J connectivity index is 1.70. The number of rotatable bonds is 5. The van der Waals surface area contributed by atoms with Crippen molar-refractivity contribution in [3.8, 4) is 0 Å². The fourth-order valence-corrected chi connectivity index (χ4v) is 3.47. The van der Waals surface area contributed by atoms with E-state index in [-0.39, 0.29) is 11.5 Å². The summed E-state index contributed by atoms with van der Waals surface area (Å²) in [7, 11) is 0. The Labute approximate surface area is 148 Å². The number of pyridine rings is 1. The molecule has 1 aromatic carbocycles. The van der Waals surface area contributed by atoms with E-state index in [1.165, 1.54) is 17.8 Å². The molecule has 1 aliphatic rings. The van der Waals surface area contributed by atoms with Crippen LogP contribution in [0.15, 0.2) is 53.5 Å². The summed E-state index contributed by atoms with van der Waals surface area (Å²) in [4.78, 5) is 31.1. The first-order chi connectivity index (χ1) is 12.2. The second kappa shape index (κ2) is 8.12. The highest BCUT2D eigenvalue weighted by Crippen LogP contribution is 2.19. The van der Waals surface area contributed by atoms with E-state index in [0.29, 0.717) is 24.7 Å². The molecular weight excluding hydrogens is 314 g/mol. The summed E-state index contributed by atoms with van der Waals surface area (Å²) < 4.78 is 0. The fraction of sp³-hybridized carbons (Fsp3) is 0.400. The molecule has 0 bridgehead atoms. The summed E-state index contributed by atoms with van der Waals surface area (Å²) in [6.45, 7) is 5.36. The topological polar surface area (TPSA) is 56.4 Å². The van der Waals surface area contributed by atoms with Gasteiger partial charge in [0.2, 0.25) is 5.56 Å². The Kier molecular flexibility index (Phi) is 5.66. The lowest BCUT2D eigenvalue weighted by Crippen LogP contribution is -2.54. The van der Waals surface area contributed by atoms with Crippen LogP contribution in [0.25, 0.3) is 0 Å². The molecule has 1 fully saturated rings. The van der Waals surface area contributed by atoms with Gasteiger partial charge in [0.1, 0.15) is 0 Å². The first-order valence-electron chi connectivity index (χ1n) is 8.93. The van der Waals surface area contributed by atoms with Gasteiger partial charge in [-0.25, -0.2) is 0 Å². The fourth-order valence-electron chi connectivity index (χ4n) is 3.47. The summed E-state index contributed by atoms with van der Waals surface area (Å²) in [6.07, 6.45) is 3.68. The van der Waals surface area contributed by atoms with Gasteiger partial charge in [0.25, 0.3) is 5.91 Å². The number of carbonyl (C=O) groups excluding carboxylic acids is 1. The minimum atomic E-state index is -0.237. The lowest BCUT2D eigenvalue weighted by atomic mass is 10.0. The average molecular weight is 339 g/mol. The predicted molar refractivity (Wildman–Crippen MR) is 98.5 cm³/mol. The molecule has 0 radical (unpaired) electrons. The van der Waals surface area contributed by atoms with Gasteiger partial charge in [-0.1, -0.05) is 43.7 Å². The number of aromatic amines is 1. The van der Waals surface area contributed by atoms with Gasteiger partial charge >= 0.3 is 0 Å². The van der Waals surface area contributed by atoms with Crippen LogP contribution >= 0.6 is 0 Å². The van der Waals surface area contributed by atoms with Gasteiger partial charge in [-0.15, -0.1) is 0 Å². The van der Waals surface area contributed by atoms with Crippen molar-refractivity contribution >= 4 is 5.91 Å². The monoisotopic (exact) mass is 339 g/mol. The van der Waals surface area contributed by atoms with Gasteiger partial charge in [0, 0.05) is 50.0 Å². The summed E-state index contributed by atoms with van der Waals surface area (Å²) in [5, 5.41) is 0. The number of carbonyl (C=O) groups is 1. The van der Waals surface area contributed by atoms with Crippen LogP contribution in [0, 0.1) is 0 Å². The number of H-pyrrole nitrogens is 1. The van der Waals surface area contributed by atoms with Gasteiger partial charge in [-0.05, 0) is 18.1 Å². The van der Waals surface area contributed by atoms with E-state index in [2.05, 4.69) is 41.1 Å². The Morgan fingerprint density at radius 1 is 1.20 bits per heavy atom. The molecular formula is C20H25N3O2. The third-order valence-corrected chi connectivity index (χ3v) is 4.76. The second-order valence-electron chi connectivity index (χ2n) is 6.59. The molecule has 1 saturated heterocycles. The van der Waals surface area contributed by atoms with Crippen LogP contribution in [0.2, 0.25) is 0 Å². The molecule has 1 N–H and O–H groups in total. The molecule has 1 amide bonds. The van der Waals surface area contributed by atoms with Crippen molar-refractivity contribution in [3.63, 3.8) is 0 Å². The molecule has 5 heteroatoms. The van der Waals surface area contributed by atoms with Gasteiger partial charge in [0.15, 0.2) is 0 Å². The van der Waals surface area contributed by atoms with E-state index in [1.807, 2.05) is 11.0 Å². The lowest BCUT2D eigenvalue weighted by molar-refractivity contribution is 0.0438. The molecule has 3 rings (SSSR count). The number of amides is 1. The van der Waals surface area contributed by atoms with Crippen molar-refractivity contribution in [1.82, 2.24) is 14.8 Å². The van der Waals surface area contributed by atoms with E-state index < -0.39 is 0 Å². The van der Waals surface area contributed by atoms with E-state index >= 15 is 0 Å². The summed E-state index contributed by atoms with van der Waals surface area (Å²) in [5.74, 6) is -0.0495. The minimum Gasteiger partial charge on any atom is -0.336 e. The average Bonchev–Trinajstić information content (AvgIpc) is 2.63. The van der Waals surface area contributed by atoms with Crippen LogP contribution in [0.1, 0.15) is 35.7 Å². The Bertz CT molecular complexity index is 757. The first-order valence-corrected chi connectivity index (χ1v) is 8.93. The van der Waals surface area contributed by atoms with Gasteiger partial charge < -0.3 is 9.88 Å². The summed E-state index contributed by atoms with van der Waals surface area (Å²) in [5.41, 5.74) is 1.53. The standard InChI is InChI=1S/C20H25N3O2/c1-2-6-18-15-23(20(25)17-9-10-21-19(24)13-17)12-11-22(18)14-16-7-4-3-5-8-16/h3-5,7-10,13,18H,2,6,11-12,14-15H2,1H3,(H,21,24)/t18-/m0/s1. The first kappa shape index (κ1) is 17.4. The minimum absolute atomic E-state index is 0.0495. The van der Waals surface area contributed by atoms with Crippen LogP contribution in [-0.2, 0) is 6.54 Å². The van der Waals surface area contributed by atoms with Crippen LogP contribution < -0.4 is 5.56 Å². The van der Waals surface area contributed by atoms with Gasteiger partial charge in [0.05, 0.1) is 0 Å². The maximum Gasteiger partial charge on any atom is 0.254 e. The number of piperazine rings is 1. The van der Waals surface area contributed by atoms with Crippen LogP contribution in [0.3, 0.4) is 0 Å². The number of aromatic nitrogens is 1. The summed E-state index contributed by atoms with van der Waals surface area (Å²) >= 11 is 0. The molecule has 0 saturated carbocycles. The third-order valence-electron chi connectivity index (χ3n) is 4.76. The van der Waals surface area contributed by atoms with Crippen LogP contribution in [-0.4, -0.2) is 46.4 Å². The van der Waals surface area contributed by atoms with Crippen molar-refractivity contribution in [2.75, 3.05) is 19.6 Å². The molecule has 1 aromatic heterocycles. The molecule has 0 aliphatic carbocycles. The zero-order valence-corrected chi connectivity index (χ0v) is 14.6. The number of hydrogen-bond acceptors (Lipinski definition) is 3. The molecule has 0 unspecified atom stereocenters. The highest BCUT2D eigenvalue weighted by atomic mass is 16.2. The Morgan fingerprint density at radius 2 is 2.00 bits per heavy atom. The maximum atomic E-state index is 12.7. The number of benzene rings is 1. The highest BCUT2D eigenvalue weighted by molar-refractivity contribution is 5.94. The second-order valence-corrected chi connectivity index (χ2v) is 6.59. The molecule has 25 heavy (non-hydrogen) atoms. The van der Waals surface area contributed by atoms with E-state index in [4.69, 9.17) is 0 Å². The zero-order valence-electron chi connectivity index (χ0n) is 14.6. The smallest absolute Gasteiger partial charge is 0.254 e. The highest BCUT2D eigenvalue weighted by Gasteiger charge is 2.29. The molecule has 5 nitrogen and oxygen atoms in total. The van der Waals surface area contributed by atoms with Gasteiger partial charge in [-0.3, -0.25) is 14.5 Å². The third kappa shape index (κ3) is 4.37. The lowest BCUT2D eigenvalue weighted by Gasteiger charge is -2.41. The van der Waals surface area contributed by atoms with Crippen LogP contribution in [0.4, 0.5) is 0 Å². The number of nitrogens with one attached hydrogen (secondary N) is 1. The predicted octanol–water partition coefficient (Wildman–Crippen LogP) is 2.50. The van der Waals surface area contributed by atoms with Crippen molar-refractivity contribution in [2.24, 2.45) is 0 Å². The SMILES string of the molecule is CCC[C@H]1CN(C(=O)c2cc[nH]c(=O)c2)CCN1Cc1ccccc1. The van der Waals surface area contributed by atoms with Crippen molar-refractivity contribution in [3.05, 3.63) is 70.1 Å². The quantitative estimate of drug-likeness (QED) is 0.911. The van der Waals surface area contributed by atoms with E-state index in [0.717, 1.165) is 25.9 Å².